The first kappa shape index (κ1) is 22.7. The van der Waals surface area contributed by atoms with Crippen LogP contribution in [0.25, 0.3) is 11.8 Å². The first-order valence-corrected chi connectivity index (χ1v) is 10.2. The molecule has 31 heavy (non-hydrogen) atoms. The molecule has 9 heteroatoms. The van der Waals surface area contributed by atoms with E-state index >= 15 is 0 Å². The number of rotatable bonds is 4. The van der Waals surface area contributed by atoms with Gasteiger partial charge >= 0.3 is 6.18 Å². The molecule has 0 aliphatic carbocycles. The summed E-state index contributed by atoms with van der Waals surface area (Å²) in [6.07, 6.45) is -3.08. The number of para-hydroxylation sites is 1. The number of likely N-dealkylation sites (N-methyl/N-ethyl adjacent to an activating group) is 2. The minimum atomic E-state index is -4.52. The van der Waals surface area contributed by atoms with Crippen LogP contribution in [0.5, 0.6) is 0 Å². The number of carbonyl (C=O) groups is 2. The van der Waals surface area contributed by atoms with Crippen molar-refractivity contribution in [3.8, 4) is 5.69 Å². The fourth-order valence-corrected chi connectivity index (χ4v) is 4.18. The molecule has 0 unspecified atom stereocenters. The van der Waals surface area contributed by atoms with Crippen LogP contribution in [0.2, 0.25) is 0 Å². The van der Waals surface area contributed by atoms with Crippen molar-refractivity contribution in [3.05, 3.63) is 58.4 Å². The van der Waals surface area contributed by atoms with E-state index in [2.05, 4.69) is 0 Å². The Kier molecular flexibility index (Phi) is 6.09. The number of carbonyl (C=O) groups excluding carboxylic acids is 2. The fraction of sp³-hybridized carbons (Fsp3) is 0.318. The lowest BCUT2D eigenvalue weighted by molar-refractivity contribution is -0.137. The Balaban J connectivity index is 2.16. The molecule has 1 aromatic carbocycles. The van der Waals surface area contributed by atoms with Crippen molar-refractivity contribution in [1.82, 2.24) is 14.4 Å². The lowest BCUT2D eigenvalue weighted by atomic mass is 10.1. The van der Waals surface area contributed by atoms with Crippen LogP contribution in [0.3, 0.4) is 0 Å². The molecule has 1 aliphatic heterocycles. The Morgan fingerprint density at radius 2 is 1.55 bits per heavy atom. The lowest BCUT2D eigenvalue weighted by Gasteiger charge is -2.35. The first-order valence-electron chi connectivity index (χ1n) is 9.77. The molecule has 1 aromatic heterocycles. The maximum absolute atomic E-state index is 13.5. The number of amides is 2. The van der Waals surface area contributed by atoms with Gasteiger partial charge in [-0.3, -0.25) is 19.4 Å². The zero-order chi connectivity index (χ0) is 23.1. The molecule has 5 nitrogen and oxygen atoms in total. The maximum Gasteiger partial charge on any atom is 0.418 e. The second kappa shape index (κ2) is 8.30. The number of benzene rings is 1. The molecule has 1 saturated heterocycles. The van der Waals surface area contributed by atoms with Crippen molar-refractivity contribution >= 4 is 35.2 Å². The van der Waals surface area contributed by atoms with Gasteiger partial charge < -0.3 is 4.57 Å². The third-order valence-corrected chi connectivity index (χ3v) is 5.71. The smallest absolute Gasteiger partial charge is 0.317 e. The quantitative estimate of drug-likeness (QED) is 0.393. The molecule has 3 rings (SSSR count). The predicted molar refractivity (Wildman–Crippen MR) is 116 cm³/mol. The zero-order valence-corrected chi connectivity index (χ0v) is 18.4. The highest BCUT2D eigenvalue weighted by Gasteiger charge is 2.38. The van der Waals surface area contributed by atoms with E-state index in [1.165, 1.54) is 38.6 Å². The van der Waals surface area contributed by atoms with Crippen LogP contribution in [0, 0.1) is 13.8 Å². The van der Waals surface area contributed by atoms with E-state index in [9.17, 15) is 22.8 Å². The summed E-state index contributed by atoms with van der Waals surface area (Å²) in [5.41, 5.74) is 0.685. The highest BCUT2D eigenvalue weighted by atomic mass is 32.1. The average Bonchev–Trinajstić information content (AvgIpc) is 2.98. The number of hydrogen-bond acceptors (Lipinski definition) is 3. The van der Waals surface area contributed by atoms with Crippen molar-refractivity contribution in [2.24, 2.45) is 0 Å². The molecule has 2 heterocycles. The third kappa shape index (κ3) is 3.89. The Labute approximate surface area is 183 Å². The van der Waals surface area contributed by atoms with E-state index in [1.807, 2.05) is 0 Å². The number of nitrogens with zero attached hydrogens (tertiary/aromatic N) is 3. The van der Waals surface area contributed by atoms with Gasteiger partial charge in [0.05, 0.1) is 11.3 Å². The zero-order valence-electron chi connectivity index (χ0n) is 17.6. The van der Waals surface area contributed by atoms with Gasteiger partial charge in [-0.25, -0.2) is 0 Å². The largest absolute Gasteiger partial charge is 0.418 e. The Bertz CT molecular complexity index is 1070. The molecular formula is C22H22F3N3O2S. The van der Waals surface area contributed by atoms with E-state index < -0.39 is 23.6 Å². The van der Waals surface area contributed by atoms with Gasteiger partial charge in [0.25, 0.3) is 11.8 Å². The standard InChI is InChI=1S/C22H22F3N3O2S/c1-5-26-19(29)16(20(30)27(6-2)21(26)31)12-15-11-13(3)28(14(15)4)18-10-8-7-9-17(18)22(23,24)25/h7-12H,5-6H2,1-4H3. The van der Waals surface area contributed by atoms with Crippen LogP contribution in [0.15, 0.2) is 35.9 Å². The van der Waals surface area contributed by atoms with E-state index in [-0.39, 0.29) is 16.4 Å². The molecule has 0 N–H and O–H groups in total. The van der Waals surface area contributed by atoms with E-state index in [1.54, 1.807) is 33.8 Å². The van der Waals surface area contributed by atoms with Gasteiger partial charge in [0.1, 0.15) is 5.57 Å². The first-order chi connectivity index (χ1) is 14.5. The Morgan fingerprint density at radius 1 is 1.00 bits per heavy atom. The van der Waals surface area contributed by atoms with Gasteiger partial charge in [-0.05, 0) is 69.8 Å². The second-order valence-electron chi connectivity index (χ2n) is 7.12. The minimum Gasteiger partial charge on any atom is -0.317 e. The molecule has 164 valence electrons. The van der Waals surface area contributed by atoms with Crippen molar-refractivity contribution in [2.45, 2.75) is 33.9 Å². The molecule has 1 fully saturated rings. The fourth-order valence-electron chi connectivity index (χ4n) is 3.75. The summed E-state index contributed by atoms with van der Waals surface area (Å²) in [5.74, 6) is -1.02. The normalized spacial score (nSPS) is 15.2. The van der Waals surface area contributed by atoms with Crippen LogP contribution >= 0.6 is 12.2 Å². The summed E-state index contributed by atoms with van der Waals surface area (Å²) in [4.78, 5) is 28.4. The van der Waals surface area contributed by atoms with Crippen molar-refractivity contribution in [2.75, 3.05) is 13.1 Å². The van der Waals surface area contributed by atoms with Crippen molar-refractivity contribution < 1.29 is 22.8 Å². The van der Waals surface area contributed by atoms with Crippen LogP contribution in [0.4, 0.5) is 13.2 Å². The summed E-state index contributed by atoms with van der Waals surface area (Å²) in [6, 6.07) is 6.96. The van der Waals surface area contributed by atoms with Crippen LogP contribution in [0.1, 0.15) is 36.4 Å². The predicted octanol–water partition coefficient (Wildman–Crippen LogP) is 4.49. The molecular weight excluding hydrogens is 427 g/mol. The molecule has 0 saturated carbocycles. The molecule has 1 aliphatic rings. The number of halogens is 3. The number of alkyl halides is 3. The topological polar surface area (TPSA) is 45.6 Å². The molecule has 2 amide bonds. The van der Waals surface area contributed by atoms with Crippen LogP contribution in [-0.4, -0.2) is 44.4 Å². The van der Waals surface area contributed by atoms with Gasteiger partial charge in [-0.2, -0.15) is 13.2 Å². The van der Waals surface area contributed by atoms with Gasteiger partial charge in [0.15, 0.2) is 5.11 Å². The van der Waals surface area contributed by atoms with E-state index in [0.29, 0.717) is 30.0 Å². The molecule has 0 radical (unpaired) electrons. The third-order valence-electron chi connectivity index (χ3n) is 5.27. The maximum atomic E-state index is 13.5. The summed E-state index contributed by atoms with van der Waals surface area (Å²) in [5, 5.41) is 0.154. The monoisotopic (exact) mass is 449 g/mol. The lowest BCUT2D eigenvalue weighted by Crippen LogP contribution is -2.55. The molecule has 0 atom stereocenters. The molecule has 0 bridgehead atoms. The highest BCUT2D eigenvalue weighted by molar-refractivity contribution is 7.80. The van der Waals surface area contributed by atoms with Gasteiger partial charge in [-0.15, -0.1) is 0 Å². The van der Waals surface area contributed by atoms with Crippen LogP contribution in [-0.2, 0) is 15.8 Å². The van der Waals surface area contributed by atoms with Crippen LogP contribution < -0.4 is 0 Å². The molecule has 2 aromatic rings. The van der Waals surface area contributed by atoms with Gasteiger partial charge in [0.2, 0.25) is 0 Å². The van der Waals surface area contributed by atoms with Gasteiger partial charge in [-0.1, -0.05) is 12.1 Å². The Hall–Kier alpha value is -2.94. The van der Waals surface area contributed by atoms with E-state index in [0.717, 1.165) is 6.07 Å². The van der Waals surface area contributed by atoms with Crippen molar-refractivity contribution in [3.63, 3.8) is 0 Å². The summed E-state index contributed by atoms with van der Waals surface area (Å²) >= 11 is 5.25. The number of aryl methyl sites for hydroxylation is 1. The average molecular weight is 449 g/mol. The Morgan fingerprint density at radius 3 is 2.06 bits per heavy atom. The molecule has 0 spiro atoms. The van der Waals surface area contributed by atoms with Gasteiger partial charge in [0, 0.05) is 24.5 Å². The number of aromatic nitrogens is 1. The highest BCUT2D eigenvalue weighted by Crippen LogP contribution is 2.36. The summed E-state index contributed by atoms with van der Waals surface area (Å²) in [6.45, 7) is 7.45. The number of hydrogen-bond donors (Lipinski definition) is 0. The number of thiocarbonyl (C=S) groups is 1. The SMILES string of the molecule is CCN1C(=O)C(=Cc2cc(C)n(-c3ccccc3C(F)(F)F)c2C)C(=O)N(CC)C1=S. The minimum absolute atomic E-state index is 0.0116. The van der Waals surface area contributed by atoms with Crippen molar-refractivity contribution in [1.29, 1.82) is 0 Å². The van der Waals surface area contributed by atoms with E-state index in [4.69, 9.17) is 12.2 Å². The second-order valence-corrected chi connectivity index (χ2v) is 7.48. The summed E-state index contributed by atoms with van der Waals surface area (Å²) in [7, 11) is 0. The summed E-state index contributed by atoms with van der Waals surface area (Å²) < 4.78 is 42.1.